The first-order chi connectivity index (χ1) is 8.74. The van der Waals surface area contributed by atoms with Gasteiger partial charge in [0.05, 0.1) is 0 Å². The van der Waals surface area contributed by atoms with Gasteiger partial charge in [-0.15, -0.1) is 11.6 Å². The Morgan fingerprint density at radius 1 is 1.17 bits per heavy atom. The Balaban J connectivity index is 2.21. The molecule has 0 saturated carbocycles. The van der Waals surface area contributed by atoms with Gasteiger partial charge in [-0.1, -0.05) is 57.2 Å². The van der Waals surface area contributed by atoms with Gasteiger partial charge in [0.15, 0.2) is 0 Å². The smallest absolute Gasteiger partial charge is 0.329 e. The van der Waals surface area contributed by atoms with Crippen LogP contribution < -0.4 is 4.74 Å². The monoisotopic (exact) mass is 268 g/mol. The molecule has 0 bridgehead atoms. The zero-order chi connectivity index (χ0) is 13.2. The van der Waals surface area contributed by atoms with Crippen molar-refractivity contribution in [1.29, 1.82) is 0 Å². The Morgan fingerprint density at radius 2 is 1.83 bits per heavy atom. The van der Waals surface area contributed by atoms with Gasteiger partial charge in [0.25, 0.3) is 0 Å². The average Bonchev–Trinajstić information content (AvgIpc) is 2.39. The van der Waals surface area contributed by atoms with Crippen LogP contribution in [0.5, 0.6) is 5.75 Å². The van der Waals surface area contributed by atoms with Crippen LogP contribution in [-0.2, 0) is 4.79 Å². The zero-order valence-corrected chi connectivity index (χ0v) is 11.7. The molecule has 0 radical (unpaired) electrons. The number of para-hydroxylation sites is 1. The minimum Gasteiger partial charge on any atom is -0.425 e. The van der Waals surface area contributed by atoms with Gasteiger partial charge >= 0.3 is 5.97 Å². The van der Waals surface area contributed by atoms with Gasteiger partial charge in [0, 0.05) is 0 Å². The molecule has 0 aliphatic rings. The summed E-state index contributed by atoms with van der Waals surface area (Å²) in [6, 6.07) is 9.04. The molecule has 0 amide bonds. The number of halogens is 1. The van der Waals surface area contributed by atoms with Gasteiger partial charge in [-0.2, -0.15) is 0 Å². The Morgan fingerprint density at radius 3 is 2.50 bits per heavy atom. The van der Waals surface area contributed by atoms with E-state index in [0.717, 1.165) is 12.8 Å². The van der Waals surface area contributed by atoms with Crippen molar-refractivity contribution in [3.05, 3.63) is 30.3 Å². The van der Waals surface area contributed by atoms with E-state index in [9.17, 15) is 4.79 Å². The van der Waals surface area contributed by atoms with E-state index >= 15 is 0 Å². The number of hydrogen-bond acceptors (Lipinski definition) is 2. The maximum atomic E-state index is 11.7. The molecule has 1 rings (SSSR count). The topological polar surface area (TPSA) is 26.3 Å². The fourth-order valence-electron chi connectivity index (χ4n) is 1.71. The number of alkyl halides is 1. The predicted molar refractivity (Wildman–Crippen MR) is 75.1 cm³/mol. The van der Waals surface area contributed by atoms with Crippen LogP contribution in [-0.4, -0.2) is 11.3 Å². The molecule has 1 aromatic carbocycles. The quantitative estimate of drug-likeness (QED) is 0.299. The maximum Gasteiger partial charge on any atom is 0.329 e. The second-order valence-corrected chi connectivity index (χ2v) is 4.93. The van der Waals surface area contributed by atoms with Crippen molar-refractivity contribution in [3.63, 3.8) is 0 Å². The van der Waals surface area contributed by atoms with Crippen LogP contribution in [0.25, 0.3) is 0 Å². The average molecular weight is 269 g/mol. The molecule has 1 unspecified atom stereocenters. The molecular weight excluding hydrogens is 248 g/mol. The summed E-state index contributed by atoms with van der Waals surface area (Å²) in [6.07, 6.45) is 6.50. The molecule has 100 valence electrons. The summed E-state index contributed by atoms with van der Waals surface area (Å²) in [7, 11) is 0. The van der Waals surface area contributed by atoms with Crippen molar-refractivity contribution < 1.29 is 9.53 Å². The number of esters is 1. The summed E-state index contributed by atoms with van der Waals surface area (Å²) in [5.41, 5.74) is 0. The number of carbonyl (C=O) groups excluding carboxylic acids is 1. The van der Waals surface area contributed by atoms with E-state index in [1.807, 2.05) is 18.2 Å². The van der Waals surface area contributed by atoms with Gasteiger partial charge in [-0.25, -0.2) is 0 Å². The van der Waals surface area contributed by atoms with Crippen LogP contribution in [0.15, 0.2) is 30.3 Å². The van der Waals surface area contributed by atoms with Crippen LogP contribution in [0.3, 0.4) is 0 Å². The van der Waals surface area contributed by atoms with Crippen molar-refractivity contribution in [2.45, 2.75) is 50.8 Å². The lowest BCUT2D eigenvalue weighted by molar-refractivity contribution is -0.134. The lowest BCUT2D eigenvalue weighted by atomic mass is 10.1. The van der Waals surface area contributed by atoms with Crippen molar-refractivity contribution >= 4 is 17.6 Å². The summed E-state index contributed by atoms with van der Waals surface area (Å²) in [5, 5.41) is -0.535. The van der Waals surface area contributed by atoms with Crippen molar-refractivity contribution in [2.75, 3.05) is 0 Å². The van der Waals surface area contributed by atoms with Gasteiger partial charge in [0.1, 0.15) is 11.1 Å². The third kappa shape index (κ3) is 6.06. The Labute approximate surface area is 114 Å². The van der Waals surface area contributed by atoms with Crippen LogP contribution in [0.2, 0.25) is 0 Å². The number of benzene rings is 1. The zero-order valence-electron chi connectivity index (χ0n) is 10.9. The van der Waals surface area contributed by atoms with E-state index in [4.69, 9.17) is 16.3 Å². The molecule has 1 aromatic rings. The summed E-state index contributed by atoms with van der Waals surface area (Å²) in [4.78, 5) is 11.7. The highest BCUT2D eigenvalue weighted by Gasteiger charge is 2.16. The third-order valence-electron chi connectivity index (χ3n) is 2.78. The molecule has 0 fully saturated rings. The van der Waals surface area contributed by atoms with Crippen LogP contribution in [0.4, 0.5) is 0 Å². The fourth-order valence-corrected chi connectivity index (χ4v) is 1.91. The number of hydrogen-bond donors (Lipinski definition) is 0. The van der Waals surface area contributed by atoms with E-state index in [0.29, 0.717) is 12.2 Å². The molecule has 0 aliphatic heterocycles. The number of unbranched alkanes of at least 4 members (excludes halogenated alkanes) is 4. The SMILES string of the molecule is CCCCCCCC(Cl)C(=O)Oc1ccccc1. The van der Waals surface area contributed by atoms with Crippen LogP contribution in [0.1, 0.15) is 45.4 Å². The van der Waals surface area contributed by atoms with Crippen molar-refractivity contribution in [3.8, 4) is 5.75 Å². The highest BCUT2D eigenvalue weighted by atomic mass is 35.5. The Bertz CT molecular complexity index is 338. The summed E-state index contributed by atoms with van der Waals surface area (Å²) >= 11 is 6.02. The summed E-state index contributed by atoms with van der Waals surface area (Å²) in [5.74, 6) is 0.206. The minimum atomic E-state index is -0.535. The maximum absolute atomic E-state index is 11.7. The molecule has 1 atom stereocenters. The van der Waals surface area contributed by atoms with Crippen LogP contribution >= 0.6 is 11.6 Å². The second kappa shape index (κ2) is 8.98. The molecule has 0 N–H and O–H groups in total. The number of rotatable bonds is 8. The highest BCUT2D eigenvalue weighted by molar-refractivity contribution is 6.30. The summed E-state index contributed by atoms with van der Waals surface area (Å²) < 4.78 is 5.18. The Kier molecular flexibility index (Phi) is 7.51. The van der Waals surface area contributed by atoms with E-state index in [2.05, 4.69) is 6.92 Å². The number of carbonyl (C=O) groups is 1. The fraction of sp³-hybridized carbons (Fsp3) is 0.533. The lowest BCUT2D eigenvalue weighted by Crippen LogP contribution is -2.20. The van der Waals surface area contributed by atoms with E-state index in [-0.39, 0.29) is 5.97 Å². The molecule has 18 heavy (non-hydrogen) atoms. The standard InChI is InChI=1S/C15H21ClO2/c1-2-3-4-5-9-12-14(16)15(17)18-13-10-7-6-8-11-13/h6-8,10-11,14H,2-5,9,12H2,1H3. The minimum absolute atomic E-state index is 0.349. The van der Waals surface area contributed by atoms with Crippen molar-refractivity contribution in [1.82, 2.24) is 0 Å². The van der Waals surface area contributed by atoms with Gasteiger partial charge in [-0.05, 0) is 18.6 Å². The lowest BCUT2D eigenvalue weighted by Gasteiger charge is -2.09. The normalized spacial score (nSPS) is 12.1. The van der Waals surface area contributed by atoms with Gasteiger partial charge in [0.2, 0.25) is 0 Å². The Hall–Kier alpha value is -1.02. The molecule has 0 aliphatic carbocycles. The van der Waals surface area contributed by atoms with E-state index in [1.165, 1.54) is 19.3 Å². The number of ether oxygens (including phenoxy) is 1. The molecule has 3 heteroatoms. The third-order valence-corrected chi connectivity index (χ3v) is 3.17. The van der Waals surface area contributed by atoms with E-state index < -0.39 is 5.38 Å². The van der Waals surface area contributed by atoms with E-state index in [1.54, 1.807) is 12.1 Å². The molecular formula is C15H21ClO2. The van der Waals surface area contributed by atoms with Crippen molar-refractivity contribution in [2.24, 2.45) is 0 Å². The predicted octanol–water partition coefficient (Wildman–Crippen LogP) is 4.56. The molecule has 0 aromatic heterocycles. The first-order valence-corrected chi connectivity index (χ1v) is 7.08. The molecule has 2 nitrogen and oxygen atoms in total. The van der Waals surface area contributed by atoms with Gasteiger partial charge in [-0.3, -0.25) is 4.79 Å². The second-order valence-electron chi connectivity index (χ2n) is 4.40. The highest BCUT2D eigenvalue weighted by Crippen LogP contribution is 2.15. The summed E-state index contributed by atoms with van der Waals surface area (Å²) in [6.45, 7) is 2.18. The first kappa shape index (κ1) is 15.0. The molecule has 0 spiro atoms. The molecule has 0 heterocycles. The van der Waals surface area contributed by atoms with Crippen LogP contribution in [0, 0.1) is 0 Å². The largest absolute Gasteiger partial charge is 0.425 e. The first-order valence-electron chi connectivity index (χ1n) is 6.65. The molecule has 0 saturated heterocycles. The van der Waals surface area contributed by atoms with Gasteiger partial charge < -0.3 is 4.74 Å².